The number of fused-ring (bicyclic) bond motifs is 2. The second-order valence-corrected chi connectivity index (χ2v) is 24.9. The predicted octanol–water partition coefficient (Wildman–Crippen LogP) is 9.76. The average Bonchev–Trinajstić information content (AvgIpc) is 3.28. The van der Waals surface area contributed by atoms with Gasteiger partial charge in [-0.15, -0.1) is 0 Å². The number of carboxylic acids is 1. The van der Waals surface area contributed by atoms with Crippen LogP contribution in [0.25, 0.3) is 26.8 Å². The number of hydrogen-bond donors (Lipinski definition) is 3. The zero-order chi connectivity index (χ0) is 55.9. The van der Waals surface area contributed by atoms with Crippen LogP contribution in [0.1, 0.15) is 123 Å². The molecule has 7 aliphatic carbocycles. The number of ether oxygens (including phenoxy) is 2. The van der Waals surface area contributed by atoms with E-state index in [2.05, 4.69) is 63.1 Å². The maximum Gasteiger partial charge on any atom is 0.482 e. The fraction of sp³-hybridized carbons (Fsp3) is 0.627. The number of carbonyl (C=O) groups is 4. The molecular formula is C59H75B2N5O13. The van der Waals surface area contributed by atoms with Gasteiger partial charge in [-0.2, -0.15) is 5.26 Å². The van der Waals surface area contributed by atoms with Crippen LogP contribution in [0.2, 0.25) is 0 Å². The van der Waals surface area contributed by atoms with Crippen molar-refractivity contribution >= 4 is 60.2 Å². The van der Waals surface area contributed by atoms with E-state index in [-0.39, 0.29) is 65.8 Å². The molecule has 11 atom stereocenters. The SMILES string of the molecule is CC1(C)[C@@H]2C[C@H]3OB([C@H](Cc4coc5ccccc45)NC(=O)OCC4CCCC4)O[C@@]3(C)[C@H]1C2.N#CCC(=O)O.[C-]#[N+]CC(=O)N1CCC[C@@H]1COC(=O)N[C@@H](Cc1coc2ccccc12)B1O[C@@H]2C[C@@H]3C[C@@H](C3(C)C)[C@]2(C)O1. The third-order valence-corrected chi connectivity index (χ3v) is 19.7. The van der Waals surface area contributed by atoms with Gasteiger partial charge in [0.25, 0.3) is 6.54 Å². The van der Waals surface area contributed by atoms with E-state index in [0.717, 1.165) is 78.0 Å². The summed E-state index contributed by atoms with van der Waals surface area (Å²) < 4.78 is 49.3. The largest absolute Gasteiger partial charge is 0.482 e. The van der Waals surface area contributed by atoms with E-state index in [1.165, 1.54) is 25.3 Å². The van der Waals surface area contributed by atoms with E-state index in [0.29, 0.717) is 55.6 Å². The second-order valence-electron chi connectivity index (χ2n) is 24.9. The van der Waals surface area contributed by atoms with Crippen molar-refractivity contribution < 1.29 is 61.2 Å². The molecule has 5 heterocycles. The number of nitrogens with zero attached hydrogens (tertiary/aromatic N) is 3. The zero-order valence-corrected chi connectivity index (χ0v) is 46.4. The van der Waals surface area contributed by atoms with E-state index >= 15 is 0 Å². The third-order valence-electron chi connectivity index (χ3n) is 19.7. The smallest absolute Gasteiger partial charge is 0.480 e. The monoisotopic (exact) mass is 1080 g/mol. The normalized spacial score (nSPS) is 30.1. The van der Waals surface area contributed by atoms with E-state index in [9.17, 15) is 19.2 Å². The van der Waals surface area contributed by atoms with Crippen molar-refractivity contribution in [1.82, 2.24) is 15.5 Å². The fourth-order valence-electron chi connectivity index (χ4n) is 14.9. The molecule has 0 unspecified atom stereocenters. The number of benzene rings is 2. The summed E-state index contributed by atoms with van der Waals surface area (Å²) in [6.45, 7) is 21.7. The Kier molecular flexibility index (Phi) is 16.3. The number of aliphatic carboxylic acids is 1. The van der Waals surface area contributed by atoms with Crippen LogP contribution in [-0.4, -0.2) is 116 Å². The molecule has 3 aliphatic heterocycles. The van der Waals surface area contributed by atoms with Crippen molar-refractivity contribution in [2.45, 2.75) is 166 Å². The Labute approximate surface area is 463 Å². The molecule has 0 spiro atoms. The Morgan fingerprint density at radius 1 is 0.747 bits per heavy atom. The molecule has 14 rings (SSSR count). The highest BCUT2D eigenvalue weighted by Gasteiger charge is 2.70. The number of nitriles is 1. The van der Waals surface area contributed by atoms with Crippen molar-refractivity contribution in [1.29, 1.82) is 5.26 Å². The molecule has 79 heavy (non-hydrogen) atoms. The van der Waals surface area contributed by atoms with Gasteiger partial charge in [-0.25, -0.2) is 16.2 Å². The van der Waals surface area contributed by atoms with Gasteiger partial charge in [-0.3, -0.25) is 9.59 Å². The molecule has 18 nitrogen and oxygen atoms in total. The number of nitrogens with one attached hydrogen (secondary N) is 2. The Balaban J connectivity index is 0.000000163. The minimum Gasteiger partial charge on any atom is -0.480 e. The van der Waals surface area contributed by atoms with Gasteiger partial charge in [0.05, 0.1) is 66.5 Å². The van der Waals surface area contributed by atoms with Gasteiger partial charge in [0.1, 0.15) is 24.2 Å². The van der Waals surface area contributed by atoms with E-state index < -0.39 is 44.3 Å². The third kappa shape index (κ3) is 11.2. The van der Waals surface area contributed by atoms with Gasteiger partial charge in [0, 0.05) is 17.3 Å². The molecule has 20 heteroatoms. The van der Waals surface area contributed by atoms with Crippen LogP contribution in [-0.2, 0) is 50.5 Å². The summed E-state index contributed by atoms with van der Waals surface area (Å²) >= 11 is 0. The highest BCUT2D eigenvalue weighted by atomic mass is 16.7. The molecule has 4 aromatic rings. The first kappa shape index (κ1) is 56.2. The molecule has 10 fully saturated rings. The van der Waals surface area contributed by atoms with Crippen LogP contribution in [0.4, 0.5) is 9.59 Å². The number of rotatable bonds is 14. The van der Waals surface area contributed by atoms with Crippen LogP contribution in [0.15, 0.2) is 69.9 Å². The number of carbonyl (C=O) groups excluding carboxylic acids is 3. The summed E-state index contributed by atoms with van der Waals surface area (Å²) in [5.41, 5.74) is 3.38. The number of hydrogen-bond acceptors (Lipinski definition) is 13. The van der Waals surface area contributed by atoms with Crippen LogP contribution in [0.5, 0.6) is 0 Å². The zero-order valence-electron chi connectivity index (χ0n) is 46.4. The van der Waals surface area contributed by atoms with Crippen molar-refractivity contribution in [3.8, 4) is 6.07 Å². The molecule has 3 amide bonds. The fourth-order valence-corrected chi connectivity index (χ4v) is 14.9. The number of furan rings is 2. The summed E-state index contributed by atoms with van der Waals surface area (Å²) in [5.74, 6) is 0.515. The number of amides is 3. The molecule has 4 bridgehead atoms. The number of likely N-dealkylation sites (tertiary alicyclic amines) is 1. The maximum absolute atomic E-state index is 13.1. The van der Waals surface area contributed by atoms with Gasteiger partial charge >= 0.3 is 38.3 Å². The first-order valence-corrected chi connectivity index (χ1v) is 28.5. The first-order chi connectivity index (χ1) is 37.8. The molecule has 0 radical (unpaired) electrons. The number of alkyl carbamates (subject to hydrolysis) is 2. The Morgan fingerprint density at radius 2 is 1.24 bits per heavy atom. The molecule has 2 aromatic carbocycles. The van der Waals surface area contributed by atoms with Crippen molar-refractivity contribution in [3.05, 3.63) is 83.6 Å². The topological polar surface area (TPSA) is 226 Å². The molecule has 10 aliphatic rings. The van der Waals surface area contributed by atoms with Crippen LogP contribution < -0.4 is 10.6 Å². The van der Waals surface area contributed by atoms with Gasteiger partial charge in [0.2, 0.25) is 0 Å². The summed E-state index contributed by atoms with van der Waals surface area (Å²) in [4.78, 5) is 52.5. The maximum atomic E-state index is 13.1. The molecule has 7 saturated carbocycles. The van der Waals surface area contributed by atoms with Gasteiger partial charge < -0.3 is 62.4 Å². The highest BCUT2D eigenvalue weighted by molar-refractivity contribution is 6.48. The standard InChI is InChI=1S/C29H36BN3O6.C27H36BNO5.C3H3NO2/c1-28(2)19-13-23(28)29(3)24(14-19)38-30(39-29)25(12-18-16-36-22-10-6-5-9-21(18)22)32-27(35)37-17-20-8-7-11-33(20)26(34)15-31-4;1-26(2)19-13-22(26)27(3)23(14-19)33-28(34-27)24(29-25(30)32-15-17-8-4-5-9-17)12-18-16-31-21-11-7-6-10-20(18)21;4-2-1-3(5)6/h5-6,9-10,16,19-20,23-25H,7-8,11-15,17H2,1-3H3,(H,32,35);6-7,10-11,16-17,19,22-24H,4-5,8-9,12-15H2,1-3H3,(H,29,30);1H2,(H,5,6)/t19-,20+,23-,24+,25-,29-;19-,22-,23+,24-,27-;/m00./s1. The number of carboxylic acid groups (broad SMARTS) is 1. The van der Waals surface area contributed by atoms with Crippen LogP contribution >= 0.6 is 0 Å². The summed E-state index contributed by atoms with van der Waals surface area (Å²) in [6.07, 6.45) is 13.9. The van der Waals surface area contributed by atoms with Crippen molar-refractivity contribution in [3.63, 3.8) is 0 Å². The van der Waals surface area contributed by atoms with E-state index in [1.54, 1.807) is 17.4 Å². The van der Waals surface area contributed by atoms with E-state index in [4.69, 9.17) is 53.9 Å². The lowest BCUT2D eigenvalue weighted by Gasteiger charge is -2.64. The Hall–Kier alpha value is -6.05. The second kappa shape index (κ2) is 22.8. The lowest BCUT2D eigenvalue weighted by molar-refractivity contribution is -0.199. The average molecular weight is 1080 g/mol. The first-order valence-electron chi connectivity index (χ1n) is 28.5. The number of para-hydroxylation sites is 2. The van der Waals surface area contributed by atoms with Crippen molar-refractivity contribution in [2.24, 2.45) is 40.4 Å². The molecule has 3 N–H and O–H groups in total. The summed E-state index contributed by atoms with van der Waals surface area (Å²) in [6, 6.07) is 17.1. The lowest BCUT2D eigenvalue weighted by Crippen LogP contribution is -2.65. The minimum absolute atomic E-state index is 0.0128. The summed E-state index contributed by atoms with van der Waals surface area (Å²) in [5, 5.41) is 23.5. The molecular weight excluding hydrogens is 1010 g/mol. The molecule has 3 saturated heterocycles. The minimum atomic E-state index is -1.07. The summed E-state index contributed by atoms with van der Waals surface area (Å²) in [7, 11) is -1.14. The Morgan fingerprint density at radius 3 is 1.70 bits per heavy atom. The quantitative estimate of drug-likeness (QED) is 0.0790. The molecule has 2 aromatic heterocycles. The van der Waals surface area contributed by atoms with Crippen molar-refractivity contribution in [2.75, 3.05) is 26.3 Å². The van der Waals surface area contributed by atoms with Gasteiger partial charge in [-0.1, -0.05) is 76.9 Å². The van der Waals surface area contributed by atoms with Gasteiger partial charge in [-0.05, 0) is 142 Å². The highest BCUT2D eigenvalue weighted by Crippen LogP contribution is 2.67. The van der Waals surface area contributed by atoms with Gasteiger partial charge in [0.15, 0.2) is 0 Å². The van der Waals surface area contributed by atoms with Crippen LogP contribution in [0, 0.1) is 58.3 Å². The predicted molar refractivity (Wildman–Crippen MR) is 293 cm³/mol. The van der Waals surface area contributed by atoms with Crippen LogP contribution in [0.3, 0.4) is 0 Å². The van der Waals surface area contributed by atoms with E-state index in [1.807, 2.05) is 42.5 Å². The Bertz CT molecular complexity index is 2960. The lowest BCUT2D eigenvalue weighted by atomic mass is 9.43. The molecule has 420 valence electrons.